The highest BCUT2D eigenvalue weighted by Crippen LogP contribution is 2.34. The Morgan fingerprint density at radius 1 is 1.25 bits per heavy atom. The van der Waals surface area contributed by atoms with Gasteiger partial charge in [0, 0.05) is 38.5 Å². The van der Waals surface area contributed by atoms with Crippen molar-refractivity contribution in [2.75, 3.05) is 69.7 Å². The maximum absolute atomic E-state index is 12.3. The Hall–Kier alpha value is 0.220. The standard InChI is InChI=1S/C18H34N4O3S2.HI/c1-4-19-16(21-8-12-27(23,24)17(2,3)14-21)20-13-18(5-11-26-15-18)22-6-9-25-10-7-22;/h4-15H2,1-3H3,(H,19,20);1H. The highest BCUT2D eigenvalue weighted by atomic mass is 127. The fourth-order valence-electron chi connectivity index (χ4n) is 4.08. The molecule has 1 N–H and O–H groups in total. The quantitative estimate of drug-likeness (QED) is 0.324. The largest absolute Gasteiger partial charge is 0.379 e. The normalized spacial score (nSPS) is 30.7. The number of guanidine groups is 1. The summed E-state index contributed by atoms with van der Waals surface area (Å²) in [6, 6.07) is 0. The van der Waals surface area contributed by atoms with E-state index in [0.29, 0.717) is 13.1 Å². The van der Waals surface area contributed by atoms with Crippen molar-refractivity contribution in [3.05, 3.63) is 0 Å². The highest BCUT2D eigenvalue weighted by Gasteiger charge is 2.43. The zero-order valence-electron chi connectivity index (χ0n) is 17.3. The summed E-state index contributed by atoms with van der Waals surface area (Å²) in [4.78, 5) is 9.71. The van der Waals surface area contributed by atoms with Crippen molar-refractivity contribution in [1.29, 1.82) is 0 Å². The van der Waals surface area contributed by atoms with Gasteiger partial charge in [-0.25, -0.2) is 8.42 Å². The van der Waals surface area contributed by atoms with E-state index in [1.165, 1.54) is 5.75 Å². The zero-order chi connectivity index (χ0) is 19.5. The molecule has 0 radical (unpaired) electrons. The molecule has 3 rings (SSSR count). The molecule has 28 heavy (non-hydrogen) atoms. The first-order chi connectivity index (χ1) is 12.8. The molecule has 0 amide bonds. The molecule has 1 atom stereocenters. The summed E-state index contributed by atoms with van der Waals surface area (Å²) in [7, 11) is -3.05. The molecule has 7 nitrogen and oxygen atoms in total. The number of sulfone groups is 1. The van der Waals surface area contributed by atoms with Crippen LogP contribution in [-0.4, -0.2) is 104 Å². The van der Waals surface area contributed by atoms with Crippen molar-refractivity contribution >= 4 is 51.5 Å². The Kier molecular flexibility index (Phi) is 8.76. The van der Waals surface area contributed by atoms with Gasteiger partial charge in [-0.05, 0) is 32.9 Å². The average Bonchev–Trinajstić information content (AvgIpc) is 3.12. The lowest BCUT2D eigenvalue weighted by Gasteiger charge is -2.43. The first kappa shape index (κ1) is 24.5. The Morgan fingerprint density at radius 3 is 2.54 bits per heavy atom. The molecule has 3 fully saturated rings. The molecule has 3 heterocycles. The summed E-state index contributed by atoms with van der Waals surface area (Å²) in [5.74, 6) is 3.33. The lowest BCUT2D eigenvalue weighted by Crippen LogP contribution is -2.58. The summed E-state index contributed by atoms with van der Waals surface area (Å²) in [5, 5.41) is 3.39. The molecule has 3 saturated heterocycles. The zero-order valence-corrected chi connectivity index (χ0v) is 21.2. The number of nitrogens with zero attached hydrogens (tertiary/aromatic N) is 3. The van der Waals surface area contributed by atoms with Gasteiger partial charge in [0.2, 0.25) is 0 Å². The van der Waals surface area contributed by atoms with E-state index in [1.54, 1.807) is 0 Å². The maximum atomic E-state index is 12.3. The van der Waals surface area contributed by atoms with Gasteiger partial charge in [-0.2, -0.15) is 11.8 Å². The number of rotatable bonds is 4. The molecule has 10 heteroatoms. The van der Waals surface area contributed by atoms with Gasteiger partial charge in [-0.1, -0.05) is 0 Å². The van der Waals surface area contributed by atoms with Crippen molar-refractivity contribution in [3.8, 4) is 0 Å². The molecular formula is C18H35IN4O3S2. The van der Waals surface area contributed by atoms with E-state index >= 15 is 0 Å². The van der Waals surface area contributed by atoms with Crippen LogP contribution in [0.4, 0.5) is 0 Å². The molecule has 0 aromatic heterocycles. The maximum Gasteiger partial charge on any atom is 0.194 e. The van der Waals surface area contributed by atoms with E-state index in [4.69, 9.17) is 9.73 Å². The predicted molar refractivity (Wildman–Crippen MR) is 128 cm³/mol. The topological polar surface area (TPSA) is 74.2 Å². The molecular weight excluding hydrogens is 511 g/mol. The summed E-state index contributed by atoms with van der Waals surface area (Å²) in [6.07, 6.45) is 1.15. The molecule has 1 unspecified atom stereocenters. The van der Waals surface area contributed by atoms with E-state index < -0.39 is 14.6 Å². The van der Waals surface area contributed by atoms with Crippen molar-refractivity contribution < 1.29 is 13.2 Å². The third-order valence-corrected chi connectivity index (χ3v) is 9.73. The second kappa shape index (κ2) is 10.0. The summed E-state index contributed by atoms with van der Waals surface area (Å²) >= 11 is 2.01. The van der Waals surface area contributed by atoms with E-state index in [0.717, 1.165) is 57.5 Å². The van der Waals surface area contributed by atoms with E-state index in [2.05, 4.69) is 22.0 Å². The highest BCUT2D eigenvalue weighted by molar-refractivity contribution is 14.0. The Balaban J connectivity index is 0.00000280. The third-order valence-electron chi connectivity index (χ3n) is 5.97. The Bertz CT molecular complexity index is 645. The molecule has 3 aliphatic heterocycles. The Morgan fingerprint density at radius 2 is 1.96 bits per heavy atom. The molecule has 3 aliphatic rings. The SMILES string of the molecule is CCNC(=NCC1(N2CCOCC2)CCSC1)N1CCS(=O)(=O)C(C)(C)C1.I. The van der Waals surface area contributed by atoms with Crippen LogP contribution >= 0.6 is 35.7 Å². The summed E-state index contributed by atoms with van der Waals surface area (Å²) in [5.41, 5.74) is 0.104. The van der Waals surface area contributed by atoms with Crippen LogP contribution in [0.3, 0.4) is 0 Å². The number of ether oxygens (including phenoxy) is 1. The minimum Gasteiger partial charge on any atom is -0.379 e. The molecule has 0 spiro atoms. The summed E-state index contributed by atoms with van der Waals surface area (Å²) in [6.45, 7) is 11.8. The average molecular weight is 547 g/mol. The fourth-order valence-corrected chi connectivity index (χ4v) is 6.91. The molecule has 164 valence electrons. The smallest absolute Gasteiger partial charge is 0.194 e. The van der Waals surface area contributed by atoms with Crippen molar-refractivity contribution in [2.24, 2.45) is 4.99 Å². The molecule has 0 saturated carbocycles. The van der Waals surface area contributed by atoms with E-state index in [-0.39, 0.29) is 35.3 Å². The molecule has 0 aliphatic carbocycles. The van der Waals surface area contributed by atoms with Gasteiger partial charge in [0.25, 0.3) is 0 Å². The van der Waals surface area contributed by atoms with Crippen LogP contribution in [0.15, 0.2) is 4.99 Å². The van der Waals surface area contributed by atoms with Gasteiger partial charge in [-0.3, -0.25) is 9.89 Å². The monoisotopic (exact) mass is 546 g/mol. The van der Waals surface area contributed by atoms with Gasteiger partial charge >= 0.3 is 0 Å². The van der Waals surface area contributed by atoms with Crippen molar-refractivity contribution in [1.82, 2.24) is 15.1 Å². The van der Waals surface area contributed by atoms with Gasteiger partial charge in [0.15, 0.2) is 15.8 Å². The minimum absolute atomic E-state index is 0. The lowest BCUT2D eigenvalue weighted by molar-refractivity contribution is -0.0105. The predicted octanol–water partition coefficient (Wildman–Crippen LogP) is 1.29. The van der Waals surface area contributed by atoms with Crippen LogP contribution in [0.5, 0.6) is 0 Å². The lowest BCUT2D eigenvalue weighted by atomic mass is 9.96. The van der Waals surface area contributed by atoms with Crippen LogP contribution in [0.1, 0.15) is 27.2 Å². The third kappa shape index (κ3) is 5.28. The van der Waals surface area contributed by atoms with E-state index in [9.17, 15) is 8.42 Å². The van der Waals surface area contributed by atoms with Crippen molar-refractivity contribution in [2.45, 2.75) is 37.5 Å². The number of halogens is 1. The van der Waals surface area contributed by atoms with Gasteiger partial charge in [0.1, 0.15) is 0 Å². The van der Waals surface area contributed by atoms with Gasteiger partial charge in [0.05, 0.1) is 35.8 Å². The van der Waals surface area contributed by atoms with Crippen LogP contribution in [0, 0.1) is 0 Å². The molecule has 0 aromatic rings. The van der Waals surface area contributed by atoms with Crippen LogP contribution in [-0.2, 0) is 14.6 Å². The first-order valence-electron chi connectivity index (χ1n) is 9.96. The van der Waals surface area contributed by atoms with Crippen LogP contribution < -0.4 is 5.32 Å². The first-order valence-corrected chi connectivity index (χ1v) is 12.8. The second-order valence-corrected chi connectivity index (χ2v) is 12.1. The number of hydrogen-bond acceptors (Lipinski definition) is 6. The van der Waals surface area contributed by atoms with Crippen LogP contribution in [0.2, 0.25) is 0 Å². The van der Waals surface area contributed by atoms with Crippen molar-refractivity contribution in [3.63, 3.8) is 0 Å². The van der Waals surface area contributed by atoms with E-state index in [1.807, 2.05) is 25.6 Å². The number of hydrogen-bond donors (Lipinski definition) is 1. The molecule has 0 bridgehead atoms. The fraction of sp³-hybridized carbons (Fsp3) is 0.944. The number of nitrogens with one attached hydrogen (secondary N) is 1. The van der Waals surface area contributed by atoms with Crippen LogP contribution in [0.25, 0.3) is 0 Å². The van der Waals surface area contributed by atoms with Gasteiger partial charge in [-0.15, -0.1) is 24.0 Å². The minimum atomic E-state index is -3.05. The number of morpholine rings is 1. The Labute approximate surface area is 191 Å². The summed E-state index contributed by atoms with van der Waals surface area (Å²) < 4.78 is 29.5. The number of thioether (sulfide) groups is 1. The number of aliphatic imine (C=N–C) groups is 1. The van der Waals surface area contributed by atoms with Gasteiger partial charge < -0.3 is 15.0 Å². The second-order valence-electron chi connectivity index (χ2n) is 8.30. The molecule has 0 aromatic carbocycles.